The van der Waals surface area contributed by atoms with E-state index in [0.29, 0.717) is 5.58 Å². The molecule has 6 heteroatoms. The number of anilines is 1. The van der Waals surface area contributed by atoms with Crippen molar-refractivity contribution in [2.75, 3.05) is 25.1 Å². The summed E-state index contributed by atoms with van der Waals surface area (Å²) in [4.78, 5) is 26.9. The van der Waals surface area contributed by atoms with Gasteiger partial charge in [0.25, 0.3) is 0 Å². The van der Waals surface area contributed by atoms with Crippen LogP contribution in [0.3, 0.4) is 0 Å². The van der Waals surface area contributed by atoms with Crippen molar-refractivity contribution in [2.45, 2.75) is 13.8 Å². The molecule has 0 spiro atoms. The van der Waals surface area contributed by atoms with Gasteiger partial charge in [-0.25, -0.2) is 4.79 Å². The molecule has 0 radical (unpaired) electrons. The molecule has 6 nitrogen and oxygen atoms in total. The van der Waals surface area contributed by atoms with Gasteiger partial charge in [-0.3, -0.25) is 4.79 Å². The van der Waals surface area contributed by atoms with Crippen LogP contribution in [0, 0.1) is 0 Å². The second-order valence-electron chi connectivity index (χ2n) is 6.47. The Labute approximate surface area is 168 Å². The van der Waals surface area contributed by atoms with Gasteiger partial charge in [0.05, 0.1) is 12.7 Å². The summed E-state index contributed by atoms with van der Waals surface area (Å²) in [5.74, 6) is -0.190. The second kappa shape index (κ2) is 8.65. The summed E-state index contributed by atoms with van der Waals surface area (Å²) in [5.41, 5.74) is 1.54. The van der Waals surface area contributed by atoms with Gasteiger partial charge in [0.2, 0.25) is 0 Å². The van der Waals surface area contributed by atoms with Crippen molar-refractivity contribution in [2.24, 2.45) is 0 Å². The molecule has 3 aromatic rings. The lowest BCUT2D eigenvalue weighted by Gasteiger charge is -2.20. The first-order chi connectivity index (χ1) is 14.0. The third kappa shape index (κ3) is 4.32. The molecule has 0 saturated heterocycles. The number of hydrogen-bond donors (Lipinski definition) is 1. The number of carbonyl (C=O) groups is 1. The standard InChI is InChI=1S/C23H23NO5/c1-4-24(5-2)18-9-6-16-12-17(23(27)29-22(16)14-18)7-10-19(25)15-8-11-21(28-3)20(26)13-15/h6-14,26H,4-5H2,1-3H3/b10-7+. The summed E-state index contributed by atoms with van der Waals surface area (Å²) >= 11 is 0. The first-order valence-electron chi connectivity index (χ1n) is 9.39. The van der Waals surface area contributed by atoms with Gasteiger partial charge in [0.15, 0.2) is 17.3 Å². The Hall–Kier alpha value is -3.54. The molecule has 0 saturated carbocycles. The molecule has 0 aliphatic carbocycles. The molecule has 1 heterocycles. The lowest BCUT2D eigenvalue weighted by Crippen LogP contribution is -2.21. The SMILES string of the molecule is CCN(CC)c1ccc2cc(/C=C/C(=O)c3ccc(OC)c(O)c3)c(=O)oc2c1. The fourth-order valence-corrected chi connectivity index (χ4v) is 3.12. The van der Waals surface area contributed by atoms with Crippen LogP contribution in [-0.2, 0) is 0 Å². The Morgan fingerprint density at radius 3 is 2.55 bits per heavy atom. The van der Waals surface area contributed by atoms with Gasteiger partial charge in [-0.05, 0) is 62.4 Å². The van der Waals surface area contributed by atoms with E-state index in [4.69, 9.17) is 9.15 Å². The van der Waals surface area contributed by atoms with Gasteiger partial charge >= 0.3 is 5.63 Å². The number of ether oxygens (including phenoxy) is 1. The summed E-state index contributed by atoms with van der Waals surface area (Å²) in [6.45, 7) is 5.85. The van der Waals surface area contributed by atoms with Crippen LogP contribution in [0.2, 0.25) is 0 Å². The van der Waals surface area contributed by atoms with E-state index in [0.717, 1.165) is 24.2 Å². The highest BCUT2D eigenvalue weighted by atomic mass is 16.5. The fraction of sp³-hybridized carbons (Fsp3) is 0.217. The van der Waals surface area contributed by atoms with Crippen molar-refractivity contribution in [3.8, 4) is 11.5 Å². The Balaban J connectivity index is 1.88. The van der Waals surface area contributed by atoms with Crippen LogP contribution in [0.5, 0.6) is 11.5 Å². The number of phenolic OH excluding ortho intramolecular Hbond substituents is 1. The molecule has 3 rings (SSSR count). The third-order valence-electron chi connectivity index (χ3n) is 4.75. The molecule has 1 aromatic heterocycles. The fourth-order valence-electron chi connectivity index (χ4n) is 3.12. The first kappa shape index (κ1) is 20.2. The van der Waals surface area contributed by atoms with Gasteiger partial charge in [-0.15, -0.1) is 0 Å². The summed E-state index contributed by atoms with van der Waals surface area (Å²) in [7, 11) is 1.43. The summed E-state index contributed by atoms with van der Waals surface area (Å²) in [6.07, 6.45) is 2.71. The zero-order valence-electron chi connectivity index (χ0n) is 16.6. The molecule has 0 aliphatic rings. The highest BCUT2D eigenvalue weighted by Gasteiger charge is 2.10. The molecule has 150 valence electrons. The van der Waals surface area contributed by atoms with Gasteiger partial charge in [0, 0.05) is 35.8 Å². The maximum atomic E-state index is 12.4. The molecular weight excluding hydrogens is 370 g/mol. The molecule has 0 bridgehead atoms. The van der Waals surface area contributed by atoms with E-state index in [2.05, 4.69) is 18.7 Å². The van der Waals surface area contributed by atoms with Gasteiger partial charge in [-0.2, -0.15) is 0 Å². The van der Waals surface area contributed by atoms with E-state index in [9.17, 15) is 14.7 Å². The number of nitrogens with zero attached hydrogens (tertiary/aromatic N) is 1. The smallest absolute Gasteiger partial charge is 0.343 e. The number of carbonyl (C=O) groups excluding carboxylic acids is 1. The highest BCUT2D eigenvalue weighted by molar-refractivity contribution is 6.07. The maximum absolute atomic E-state index is 12.4. The third-order valence-corrected chi connectivity index (χ3v) is 4.75. The zero-order chi connectivity index (χ0) is 21.0. The predicted molar refractivity (Wildman–Crippen MR) is 114 cm³/mol. The number of rotatable bonds is 7. The topological polar surface area (TPSA) is 80.0 Å². The highest BCUT2D eigenvalue weighted by Crippen LogP contribution is 2.26. The molecule has 2 aromatic carbocycles. The van der Waals surface area contributed by atoms with Gasteiger partial charge < -0.3 is 19.2 Å². The Morgan fingerprint density at radius 1 is 1.14 bits per heavy atom. The lowest BCUT2D eigenvalue weighted by atomic mass is 10.1. The minimum Gasteiger partial charge on any atom is -0.504 e. The quantitative estimate of drug-likeness (QED) is 0.367. The molecule has 1 N–H and O–H groups in total. The molecule has 0 fully saturated rings. The summed E-state index contributed by atoms with van der Waals surface area (Å²) < 4.78 is 10.4. The number of fused-ring (bicyclic) bond motifs is 1. The van der Waals surface area contributed by atoms with E-state index in [1.807, 2.05) is 18.2 Å². The average molecular weight is 393 g/mol. The van der Waals surface area contributed by atoms with Gasteiger partial charge in [-0.1, -0.05) is 0 Å². The minimum absolute atomic E-state index is 0.124. The van der Waals surface area contributed by atoms with Gasteiger partial charge in [0.1, 0.15) is 5.58 Å². The Kier molecular flexibility index (Phi) is 6.02. The van der Waals surface area contributed by atoms with Crippen LogP contribution in [0.1, 0.15) is 29.8 Å². The van der Waals surface area contributed by atoms with Crippen molar-refractivity contribution in [1.29, 1.82) is 0 Å². The molecule has 0 aliphatic heterocycles. The maximum Gasteiger partial charge on any atom is 0.343 e. The van der Waals surface area contributed by atoms with E-state index in [1.54, 1.807) is 12.1 Å². The summed E-state index contributed by atoms with van der Waals surface area (Å²) in [6, 6.07) is 11.8. The largest absolute Gasteiger partial charge is 0.504 e. The monoisotopic (exact) mass is 393 g/mol. The van der Waals surface area contributed by atoms with E-state index in [-0.39, 0.29) is 28.4 Å². The Morgan fingerprint density at radius 2 is 1.90 bits per heavy atom. The normalized spacial score (nSPS) is 11.1. The Bertz CT molecular complexity index is 1130. The molecule has 0 amide bonds. The van der Waals surface area contributed by atoms with Crippen molar-refractivity contribution in [3.63, 3.8) is 0 Å². The summed E-state index contributed by atoms with van der Waals surface area (Å²) in [5, 5.41) is 10.6. The van der Waals surface area contributed by atoms with Crippen molar-refractivity contribution < 1.29 is 19.1 Å². The molecule has 0 atom stereocenters. The van der Waals surface area contributed by atoms with Crippen LogP contribution in [0.15, 0.2) is 57.8 Å². The number of allylic oxidation sites excluding steroid dienone is 1. The number of ketones is 1. The minimum atomic E-state index is -0.518. The molecular formula is C23H23NO5. The first-order valence-corrected chi connectivity index (χ1v) is 9.39. The number of hydrogen-bond acceptors (Lipinski definition) is 6. The zero-order valence-corrected chi connectivity index (χ0v) is 16.6. The average Bonchev–Trinajstić information content (AvgIpc) is 2.72. The van der Waals surface area contributed by atoms with Crippen LogP contribution in [-0.4, -0.2) is 31.1 Å². The molecule has 29 heavy (non-hydrogen) atoms. The second-order valence-corrected chi connectivity index (χ2v) is 6.47. The van der Waals surface area contributed by atoms with E-state index in [1.165, 1.54) is 31.4 Å². The van der Waals surface area contributed by atoms with Crippen LogP contribution >= 0.6 is 0 Å². The van der Waals surface area contributed by atoms with Crippen LogP contribution in [0.4, 0.5) is 5.69 Å². The number of benzene rings is 2. The van der Waals surface area contributed by atoms with Crippen molar-refractivity contribution in [1.82, 2.24) is 0 Å². The number of aromatic hydroxyl groups is 1. The lowest BCUT2D eigenvalue weighted by molar-refractivity contribution is 0.104. The van der Waals surface area contributed by atoms with E-state index >= 15 is 0 Å². The van der Waals surface area contributed by atoms with Crippen molar-refractivity contribution in [3.05, 3.63) is 70.1 Å². The van der Waals surface area contributed by atoms with Crippen molar-refractivity contribution >= 4 is 28.5 Å². The predicted octanol–water partition coefficient (Wildman–Crippen LogP) is 4.25. The van der Waals surface area contributed by atoms with Crippen LogP contribution in [0.25, 0.3) is 17.0 Å². The van der Waals surface area contributed by atoms with Crippen LogP contribution < -0.4 is 15.3 Å². The number of phenols is 1. The molecule has 0 unspecified atom stereocenters. The van der Waals surface area contributed by atoms with E-state index < -0.39 is 5.63 Å². The number of methoxy groups -OCH3 is 1.